The monoisotopic (exact) mass is 1730 g/mol. The van der Waals surface area contributed by atoms with Crippen LogP contribution in [0.5, 0.6) is 57.8 Å². The fraction of sp³-hybridized carbons (Fsp3) is 0.317. The van der Waals surface area contributed by atoms with Crippen molar-refractivity contribution in [3.05, 3.63) is 249 Å². The van der Waals surface area contributed by atoms with Crippen LogP contribution in [-0.2, 0) is 14.4 Å². The number of hydrogen-bond donors (Lipinski definition) is 3. The van der Waals surface area contributed by atoms with Crippen molar-refractivity contribution in [1.29, 1.82) is 0 Å². The van der Waals surface area contributed by atoms with Crippen molar-refractivity contribution in [3.8, 4) is 91.1 Å². The Bertz CT molecular complexity index is 6290. The molecule has 0 radical (unpaired) electrons. The van der Waals surface area contributed by atoms with Crippen LogP contribution in [0.25, 0.3) is 66.5 Å². The minimum Gasteiger partial charge on any atom is -0.482 e. The average molecular weight is 1740 g/mol. The number of methoxy groups -OCH3 is 2. The Hall–Kier alpha value is -14.0. The Morgan fingerprint density at radius 3 is 1.05 bits per heavy atom. The molecule has 9 heterocycles. The summed E-state index contributed by atoms with van der Waals surface area (Å²) in [5.41, 5.74) is 28.3. The zero-order valence-electron chi connectivity index (χ0n) is 73.2. The van der Waals surface area contributed by atoms with Gasteiger partial charge >= 0.3 is 0 Å². The Labute approximate surface area is 748 Å². The van der Waals surface area contributed by atoms with Crippen LogP contribution in [0.2, 0.25) is 0 Å². The average Bonchev–Trinajstić information content (AvgIpc) is 1.57. The molecule has 3 aliphatic heterocycles. The van der Waals surface area contributed by atoms with E-state index >= 15 is 0 Å². The maximum atomic E-state index is 13.6. The Kier molecular flexibility index (Phi) is 25.5. The molecule has 4 saturated carbocycles. The zero-order chi connectivity index (χ0) is 88.8. The van der Waals surface area contributed by atoms with Gasteiger partial charge in [-0.25, -0.2) is 34.3 Å². The highest BCUT2D eigenvalue weighted by Gasteiger charge is 2.40. The quantitative estimate of drug-likeness (QED) is 0.0367. The number of carbonyl (C=O) groups is 3. The van der Waals surface area contributed by atoms with E-state index in [-0.39, 0.29) is 41.7 Å². The van der Waals surface area contributed by atoms with E-state index in [2.05, 4.69) is 82.0 Å². The molecule has 3 atom stereocenters. The molecule has 28 heteroatoms. The van der Waals surface area contributed by atoms with Crippen molar-refractivity contribution in [2.45, 2.75) is 113 Å². The lowest BCUT2D eigenvalue weighted by Crippen LogP contribution is -2.28. The number of halogens is 1. The van der Waals surface area contributed by atoms with Crippen LogP contribution in [0, 0.1) is 5.82 Å². The van der Waals surface area contributed by atoms with E-state index in [1.165, 1.54) is 69.0 Å². The van der Waals surface area contributed by atoms with Gasteiger partial charge in [0.2, 0.25) is 29.5 Å². The van der Waals surface area contributed by atoms with Gasteiger partial charge < -0.3 is 64.9 Å². The summed E-state index contributed by atoms with van der Waals surface area (Å²) in [5, 5.41) is 2.31. The summed E-state index contributed by atoms with van der Waals surface area (Å²) < 4.78 is 56.1. The van der Waals surface area contributed by atoms with Gasteiger partial charge in [-0.2, -0.15) is 0 Å². The first-order chi connectivity index (χ1) is 63.0. The lowest BCUT2D eigenvalue weighted by atomic mass is 10.0. The molecule has 13 aromatic rings. The van der Waals surface area contributed by atoms with Crippen molar-refractivity contribution in [1.82, 2.24) is 73.0 Å². The molecule has 3 saturated heterocycles. The number of benzene rings is 7. The fourth-order valence-corrected chi connectivity index (χ4v) is 17.9. The van der Waals surface area contributed by atoms with E-state index in [1.54, 1.807) is 50.9 Å². The summed E-state index contributed by atoms with van der Waals surface area (Å²) in [6.07, 6.45) is 27.7. The topological polar surface area (TPSA) is 296 Å². The number of ether oxygens (including phenoxy) is 6. The van der Waals surface area contributed by atoms with E-state index in [1.807, 2.05) is 183 Å². The molecule has 0 spiro atoms. The van der Waals surface area contributed by atoms with E-state index < -0.39 is 0 Å². The molecule has 129 heavy (non-hydrogen) atoms. The van der Waals surface area contributed by atoms with Crippen LogP contribution in [0.15, 0.2) is 237 Å². The molecular weight excluding hydrogens is 1630 g/mol. The van der Waals surface area contributed by atoms with E-state index in [0.29, 0.717) is 126 Å². The third kappa shape index (κ3) is 19.5. The lowest BCUT2D eigenvalue weighted by molar-refractivity contribution is -0.125. The number of fused-ring (bicyclic) bond motifs is 3. The Morgan fingerprint density at radius 1 is 0.380 bits per heavy atom. The van der Waals surface area contributed by atoms with E-state index in [0.717, 1.165) is 131 Å². The Balaban J connectivity index is 0.000000131. The van der Waals surface area contributed by atoms with Crippen LogP contribution >= 0.6 is 0 Å². The van der Waals surface area contributed by atoms with Gasteiger partial charge in [0.05, 0.1) is 59.6 Å². The van der Waals surface area contributed by atoms with Crippen LogP contribution in [0.3, 0.4) is 0 Å². The van der Waals surface area contributed by atoms with Gasteiger partial charge in [-0.1, -0.05) is 103 Å². The van der Waals surface area contributed by atoms with Gasteiger partial charge in [-0.15, -0.1) is 0 Å². The molecule has 0 unspecified atom stereocenters. The molecule has 27 nitrogen and oxygen atoms in total. The SMILES string of the molecule is CN(C/C=C/C(=O)N1CC[C@@H](n2c(C3CC3)c(-c3ccc(Oc4cccc(Oc5ccccc5)c4)cc3)c3c(N)ncnc32)C1)C1CC1.COc1c(-c2ccc(Oc3cccc(F)c3)cc2)c2c(N)ncnc2n1[C@@H]1CCN(C(=O)/C=C/CN(C)C2CC2)C1.COc1c(-c2ccc(Oc3ccccc3)cc2)c2c(N)ncnc2n1[C@@H]1CCN(C(=O)/C=C/CN(C)C2CC2)C1. The molecular formula is C101H107FN18O9. The molecule has 6 N–H and O–H groups in total. The van der Waals surface area contributed by atoms with Gasteiger partial charge in [-0.3, -0.25) is 38.2 Å². The number of nitrogens with two attached hydrogens (primary N) is 3. The summed E-state index contributed by atoms with van der Waals surface area (Å²) in [7, 11) is 9.61. The minimum absolute atomic E-state index is 0.00678. The van der Waals surface area contributed by atoms with E-state index in [9.17, 15) is 18.8 Å². The number of nitrogens with zero attached hydrogens (tertiary/aromatic N) is 15. The number of likely N-dealkylation sites (tertiary alicyclic amines) is 3. The number of nitrogen functional groups attached to an aromatic ring is 3. The number of anilines is 3. The summed E-state index contributed by atoms with van der Waals surface area (Å²) in [6.45, 7) is 6.13. The minimum atomic E-state index is -0.364. The van der Waals surface area contributed by atoms with E-state index in [4.69, 9.17) is 50.6 Å². The van der Waals surface area contributed by atoms with Gasteiger partial charge in [0.25, 0.3) is 0 Å². The first kappa shape index (κ1) is 85.8. The maximum absolute atomic E-state index is 13.6. The van der Waals surface area contributed by atoms with Crippen LogP contribution in [-0.4, -0.2) is 203 Å². The molecule has 662 valence electrons. The second-order valence-corrected chi connectivity index (χ2v) is 34.2. The highest BCUT2D eigenvalue weighted by Crippen LogP contribution is 2.53. The number of para-hydroxylation sites is 2. The van der Waals surface area contributed by atoms with Crippen LogP contribution in [0.1, 0.15) is 100 Å². The fourth-order valence-electron chi connectivity index (χ4n) is 17.9. The summed E-state index contributed by atoms with van der Waals surface area (Å²) in [6, 6.07) is 58.5. The molecule has 6 aromatic heterocycles. The maximum Gasteiger partial charge on any atom is 0.246 e. The number of likely N-dealkylation sites (N-methyl/N-ethyl adjacent to an activating group) is 3. The standard InChI is InChI=1S/C39H40N6O3.C31H33FN6O3.C31H34N6O3/c1-43(28-16-17-28)21-6-11-34(46)44-22-20-29(24-44)45-37(27-12-13-27)35(36-38(40)41-25-42-39(36)45)26-14-18-31(19-15-26)48-33-10-5-9-32(23-33)47-30-7-3-2-4-8-30;1-36(22-10-11-22)15-4-7-26(39)37-16-14-23(18-37)38-30-28(29(33)34-19-35-30)27(31(38)40-2)20-8-12-24(13-9-20)41-25-6-3-5-21(32)17-25;1-35(22-12-13-22)17-6-9-26(38)36-18-16-23(19-36)37-30-28(29(32)33-20-34-30)27(31(37)39-2)21-10-14-25(15-11-21)40-24-7-4-3-5-8-24/h2-11,14-15,18-19,23,25,27-29H,12-13,16-17,20-22,24H2,1H3,(H2,40,41,42);3-9,12-13,17,19,22-23H,10-11,14-16,18H2,1-2H3,(H2,33,34,35);3-11,14-15,20,22-23H,12-13,16-19H2,1-2H3,(H2,32,33,34)/b11-6+;7-4+;9-6+/t29-;2*23-/m111/s1. The predicted molar refractivity (Wildman–Crippen MR) is 498 cm³/mol. The van der Waals surface area contributed by atoms with Crippen molar-refractivity contribution in [2.24, 2.45) is 0 Å². The normalized spacial score (nSPS) is 17.5. The number of amides is 3. The first-order valence-corrected chi connectivity index (χ1v) is 44.4. The van der Waals surface area contributed by atoms with Crippen molar-refractivity contribution in [3.63, 3.8) is 0 Å². The highest BCUT2D eigenvalue weighted by atomic mass is 19.1. The third-order valence-corrected chi connectivity index (χ3v) is 25.2. The summed E-state index contributed by atoms with van der Waals surface area (Å²) in [4.78, 5) is 78.7. The van der Waals surface area contributed by atoms with Crippen LogP contribution < -0.4 is 45.6 Å². The molecule has 3 amide bonds. The van der Waals surface area contributed by atoms with Gasteiger partial charge in [-0.05, 0) is 199 Å². The molecule has 20 rings (SSSR count). The van der Waals surface area contributed by atoms with Gasteiger partial charge in [0, 0.05) is 119 Å². The molecule has 7 fully saturated rings. The van der Waals surface area contributed by atoms with Crippen LogP contribution in [0.4, 0.5) is 21.8 Å². The third-order valence-electron chi connectivity index (χ3n) is 25.2. The zero-order valence-corrected chi connectivity index (χ0v) is 73.2. The second kappa shape index (κ2) is 38.3. The molecule has 0 bridgehead atoms. The van der Waals surface area contributed by atoms with Gasteiger partial charge in [0.1, 0.15) is 105 Å². The predicted octanol–water partition coefficient (Wildman–Crippen LogP) is 17.5. The number of aromatic nitrogens is 9. The second-order valence-electron chi connectivity index (χ2n) is 34.2. The highest BCUT2D eigenvalue weighted by molar-refractivity contribution is 6.06. The van der Waals surface area contributed by atoms with Crippen molar-refractivity contribution < 1.29 is 47.2 Å². The summed E-state index contributed by atoms with van der Waals surface area (Å²) in [5.74, 6) is 7.98. The van der Waals surface area contributed by atoms with Crippen molar-refractivity contribution in [2.75, 3.05) is 111 Å². The number of hydrogen-bond acceptors (Lipinski definition) is 21. The lowest BCUT2D eigenvalue weighted by Gasteiger charge is -2.19. The molecule has 7 aliphatic rings. The molecule has 4 aliphatic carbocycles. The first-order valence-electron chi connectivity index (χ1n) is 44.4. The van der Waals surface area contributed by atoms with Crippen molar-refractivity contribution >= 4 is 68.3 Å². The molecule has 7 aromatic carbocycles. The Morgan fingerprint density at radius 2 is 0.698 bits per heavy atom. The van der Waals surface area contributed by atoms with Gasteiger partial charge in [0.15, 0.2) is 0 Å². The summed E-state index contributed by atoms with van der Waals surface area (Å²) >= 11 is 0. The smallest absolute Gasteiger partial charge is 0.246 e. The largest absolute Gasteiger partial charge is 0.482 e. The number of carbonyl (C=O) groups excluding carboxylic acids is 3. The number of rotatable bonds is 29.